The van der Waals surface area contributed by atoms with Crippen LogP contribution in [0.15, 0.2) is 20.3 Å². The second-order valence-corrected chi connectivity index (χ2v) is 4.23. The summed E-state index contributed by atoms with van der Waals surface area (Å²) in [7, 11) is 0. The molecule has 0 amide bonds. The van der Waals surface area contributed by atoms with Gasteiger partial charge in [0, 0.05) is 0 Å². The van der Waals surface area contributed by atoms with Crippen LogP contribution in [-0.4, -0.2) is 10.1 Å². The highest BCUT2D eigenvalue weighted by molar-refractivity contribution is 5.03. The van der Waals surface area contributed by atoms with Gasteiger partial charge in [0.2, 0.25) is 0 Å². The van der Waals surface area contributed by atoms with Crippen LogP contribution in [0.1, 0.15) is 50.3 Å². The van der Waals surface area contributed by atoms with Gasteiger partial charge < -0.3 is 9.52 Å². The lowest BCUT2D eigenvalue weighted by atomic mass is 10.1. The summed E-state index contributed by atoms with van der Waals surface area (Å²) >= 11 is 0. The SMILES string of the molecule is CCCCCCCc1coc(=O)c(CO)nc1=O. The largest absolute Gasteiger partial charge is 0.429 e. The number of nitrogens with zero attached hydrogens (tertiary/aromatic N) is 1. The lowest BCUT2D eigenvalue weighted by molar-refractivity contribution is 0.270. The first-order chi connectivity index (χ1) is 8.69. The molecule has 0 aromatic carbocycles. The molecular formula is C13H19NO4. The van der Waals surface area contributed by atoms with Crippen LogP contribution < -0.4 is 11.2 Å². The average molecular weight is 253 g/mol. The predicted octanol–water partition coefficient (Wildman–Crippen LogP) is 1.40. The third kappa shape index (κ3) is 4.41. The number of unbranched alkanes of at least 4 members (excludes halogenated alkanes) is 4. The van der Waals surface area contributed by atoms with Gasteiger partial charge in [-0.15, -0.1) is 0 Å². The van der Waals surface area contributed by atoms with Crippen molar-refractivity contribution >= 4 is 0 Å². The Kier molecular flexibility index (Phi) is 6.28. The quantitative estimate of drug-likeness (QED) is 0.743. The zero-order chi connectivity index (χ0) is 13.4. The predicted molar refractivity (Wildman–Crippen MR) is 67.4 cm³/mol. The molecule has 5 heteroatoms. The van der Waals surface area contributed by atoms with Crippen molar-refractivity contribution in [1.82, 2.24) is 4.98 Å². The van der Waals surface area contributed by atoms with Crippen LogP contribution in [0.2, 0.25) is 0 Å². The monoisotopic (exact) mass is 253 g/mol. The summed E-state index contributed by atoms with van der Waals surface area (Å²) in [5.74, 6) is 0. The average Bonchev–Trinajstić information content (AvgIpc) is 2.50. The maximum Gasteiger partial charge on any atom is 0.360 e. The van der Waals surface area contributed by atoms with Crippen molar-refractivity contribution in [2.75, 3.05) is 0 Å². The molecule has 1 heterocycles. The molecule has 0 spiro atoms. The van der Waals surface area contributed by atoms with Crippen molar-refractivity contribution in [2.24, 2.45) is 0 Å². The van der Waals surface area contributed by atoms with Gasteiger partial charge >= 0.3 is 5.63 Å². The van der Waals surface area contributed by atoms with Gasteiger partial charge in [-0.05, 0) is 12.8 Å². The fourth-order valence-corrected chi connectivity index (χ4v) is 1.67. The summed E-state index contributed by atoms with van der Waals surface area (Å²) in [6.45, 7) is 1.56. The zero-order valence-electron chi connectivity index (χ0n) is 10.6. The summed E-state index contributed by atoms with van der Waals surface area (Å²) in [4.78, 5) is 26.4. The van der Waals surface area contributed by atoms with Gasteiger partial charge in [0.05, 0.1) is 12.2 Å². The van der Waals surface area contributed by atoms with E-state index in [4.69, 9.17) is 9.52 Å². The molecular weight excluding hydrogens is 234 g/mol. The maximum atomic E-state index is 11.6. The molecule has 0 aliphatic rings. The second kappa shape index (κ2) is 7.76. The van der Waals surface area contributed by atoms with Crippen LogP contribution >= 0.6 is 0 Å². The number of aliphatic hydroxyl groups is 1. The third-order valence-electron chi connectivity index (χ3n) is 2.75. The molecule has 1 N–H and O–H groups in total. The second-order valence-electron chi connectivity index (χ2n) is 4.23. The van der Waals surface area contributed by atoms with Crippen LogP contribution in [0.5, 0.6) is 0 Å². The van der Waals surface area contributed by atoms with Crippen LogP contribution in [0.3, 0.4) is 0 Å². The molecule has 1 aromatic rings. The molecule has 1 aromatic heterocycles. The van der Waals surface area contributed by atoms with Gasteiger partial charge in [-0.2, -0.15) is 0 Å². The van der Waals surface area contributed by atoms with E-state index in [1.54, 1.807) is 0 Å². The van der Waals surface area contributed by atoms with Gasteiger partial charge in [0.15, 0.2) is 5.69 Å². The molecule has 18 heavy (non-hydrogen) atoms. The van der Waals surface area contributed by atoms with E-state index in [2.05, 4.69) is 11.9 Å². The third-order valence-corrected chi connectivity index (χ3v) is 2.75. The fraction of sp³-hybridized carbons (Fsp3) is 0.615. The van der Waals surface area contributed by atoms with E-state index in [1.165, 1.54) is 12.8 Å². The fourth-order valence-electron chi connectivity index (χ4n) is 1.67. The Labute approximate surface area is 106 Å². The standard InChI is InChI=1S/C13H19NO4/c1-2-3-4-5-6-7-10-9-18-13(17)11(8-15)14-12(10)16/h9,15H,2-8H2,1H3. The van der Waals surface area contributed by atoms with E-state index < -0.39 is 17.8 Å². The molecule has 0 aliphatic heterocycles. The highest BCUT2D eigenvalue weighted by Crippen LogP contribution is 2.05. The Morgan fingerprint density at radius 2 is 1.94 bits per heavy atom. The minimum absolute atomic E-state index is 0.239. The molecule has 100 valence electrons. The van der Waals surface area contributed by atoms with E-state index in [-0.39, 0.29) is 5.69 Å². The van der Waals surface area contributed by atoms with Crippen molar-refractivity contribution in [1.29, 1.82) is 0 Å². The molecule has 0 fully saturated rings. The van der Waals surface area contributed by atoms with E-state index in [1.807, 2.05) is 0 Å². The van der Waals surface area contributed by atoms with Crippen molar-refractivity contribution in [3.63, 3.8) is 0 Å². The zero-order valence-corrected chi connectivity index (χ0v) is 10.6. The van der Waals surface area contributed by atoms with Gasteiger partial charge in [-0.25, -0.2) is 9.78 Å². The molecule has 5 nitrogen and oxygen atoms in total. The van der Waals surface area contributed by atoms with E-state index in [9.17, 15) is 9.59 Å². The number of aromatic nitrogens is 1. The Balaban J connectivity index is 2.70. The van der Waals surface area contributed by atoms with Crippen molar-refractivity contribution in [3.8, 4) is 0 Å². The van der Waals surface area contributed by atoms with Crippen molar-refractivity contribution in [2.45, 2.75) is 52.1 Å². The van der Waals surface area contributed by atoms with Gasteiger partial charge in [-0.3, -0.25) is 4.79 Å². The molecule has 1 rings (SSSR count). The molecule has 0 saturated heterocycles. The Bertz CT molecular complexity index is 481. The number of hydrogen-bond donors (Lipinski definition) is 1. The van der Waals surface area contributed by atoms with E-state index in [0.717, 1.165) is 25.5 Å². The van der Waals surface area contributed by atoms with Gasteiger partial charge in [0.25, 0.3) is 5.56 Å². The molecule has 0 atom stereocenters. The van der Waals surface area contributed by atoms with Crippen LogP contribution in [-0.2, 0) is 13.0 Å². The summed E-state index contributed by atoms with van der Waals surface area (Å²) < 4.78 is 4.75. The van der Waals surface area contributed by atoms with Crippen molar-refractivity contribution in [3.05, 3.63) is 38.3 Å². The normalized spacial score (nSPS) is 10.6. The minimum atomic E-state index is -0.758. The number of hydrogen-bond acceptors (Lipinski definition) is 5. The highest BCUT2D eigenvalue weighted by Gasteiger charge is 2.05. The van der Waals surface area contributed by atoms with Gasteiger partial charge in [-0.1, -0.05) is 32.6 Å². The smallest absolute Gasteiger partial charge is 0.360 e. The van der Waals surface area contributed by atoms with Gasteiger partial charge in [0.1, 0.15) is 6.26 Å². The van der Waals surface area contributed by atoms with Crippen LogP contribution in [0.25, 0.3) is 0 Å². The van der Waals surface area contributed by atoms with Crippen LogP contribution in [0.4, 0.5) is 0 Å². The molecule has 0 aliphatic carbocycles. The van der Waals surface area contributed by atoms with Crippen molar-refractivity contribution < 1.29 is 9.52 Å². The molecule has 0 radical (unpaired) electrons. The van der Waals surface area contributed by atoms with E-state index >= 15 is 0 Å². The molecule has 0 saturated carbocycles. The van der Waals surface area contributed by atoms with Crippen LogP contribution in [0, 0.1) is 0 Å². The maximum absolute atomic E-state index is 11.6. The Morgan fingerprint density at radius 1 is 1.22 bits per heavy atom. The first-order valence-corrected chi connectivity index (χ1v) is 6.31. The topological polar surface area (TPSA) is 80.4 Å². The number of rotatable bonds is 7. The Hall–Kier alpha value is -1.49. The Morgan fingerprint density at radius 3 is 2.61 bits per heavy atom. The molecule has 0 bridgehead atoms. The summed E-state index contributed by atoms with van der Waals surface area (Å²) in [6.07, 6.45) is 7.14. The number of aliphatic hydroxyl groups excluding tert-OH is 1. The lowest BCUT2D eigenvalue weighted by Gasteiger charge is -1.97. The molecule has 0 unspecified atom stereocenters. The summed E-state index contributed by atoms with van der Waals surface area (Å²) in [6, 6.07) is 0. The highest BCUT2D eigenvalue weighted by atomic mass is 16.4. The first kappa shape index (κ1) is 14.6. The minimum Gasteiger partial charge on any atom is -0.429 e. The summed E-state index contributed by atoms with van der Waals surface area (Å²) in [5, 5.41) is 8.86. The summed E-state index contributed by atoms with van der Waals surface area (Å²) in [5.41, 5.74) is -1.09. The lowest BCUT2D eigenvalue weighted by Crippen LogP contribution is -2.14. The number of aryl methyl sites for hydroxylation is 1. The first-order valence-electron chi connectivity index (χ1n) is 6.31. The van der Waals surface area contributed by atoms with E-state index in [0.29, 0.717) is 12.0 Å².